The smallest absolute Gasteiger partial charge is 0.118 e. The molecule has 3 heteroatoms. The number of methoxy groups -OCH3 is 2. The standard InChI is InChI=1S/C29H29NO2/c1-21-5-13-25(14-6-21)30-26-15-7-22(8-16-26)29(2,23-9-17-27(31-3)18-10-23)24-11-19-28(32-4)20-12-24/h5-20,30H,1-4H3. The summed E-state index contributed by atoms with van der Waals surface area (Å²) >= 11 is 0. The summed E-state index contributed by atoms with van der Waals surface area (Å²) < 4.78 is 10.8. The van der Waals surface area contributed by atoms with E-state index in [0.717, 1.165) is 22.9 Å². The van der Waals surface area contributed by atoms with Crippen LogP contribution in [0.3, 0.4) is 0 Å². The fraction of sp³-hybridized carbons (Fsp3) is 0.172. The molecule has 0 bridgehead atoms. The molecule has 0 spiro atoms. The number of rotatable bonds is 7. The second kappa shape index (κ2) is 9.19. The van der Waals surface area contributed by atoms with Gasteiger partial charge in [0.05, 0.1) is 14.2 Å². The van der Waals surface area contributed by atoms with Gasteiger partial charge >= 0.3 is 0 Å². The van der Waals surface area contributed by atoms with Crippen LogP contribution in [0.15, 0.2) is 97.1 Å². The van der Waals surface area contributed by atoms with Crippen LogP contribution in [0, 0.1) is 6.92 Å². The maximum atomic E-state index is 5.38. The van der Waals surface area contributed by atoms with Gasteiger partial charge in [0.1, 0.15) is 11.5 Å². The van der Waals surface area contributed by atoms with E-state index in [1.165, 1.54) is 22.3 Å². The third kappa shape index (κ3) is 4.33. The monoisotopic (exact) mass is 423 g/mol. The van der Waals surface area contributed by atoms with Gasteiger partial charge in [0, 0.05) is 16.8 Å². The molecule has 1 N–H and O–H groups in total. The molecule has 4 aromatic carbocycles. The topological polar surface area (TPSA) is 30.5 Å². The number of ether oxygens (including phenoxy) is 2. The van der Waals surface area contributed by atoms with E-state index in [4.69, 9.17) is 9.47 Å². The van der Waals surface area contributed by atoms with Gasteiger partial charge in [0.15, 0.2) is 0 Å². The minimum absolute atomic E-state index is 0.332. The second-order valence-corrected chi connectivity index (χ2v) is 8.15. The lowest BCUT2D eigenvalue weighted by Gasteiger charge is -2.32. The van der Waals surface area contributed by atoms with Gasteiger partial charge in [0.25, 0.3) is 0 Å². The molecule has 0 radical (unpaired) electrons. The Morgan fingerprint density at radius 2 is 0.875 bits per heavy atom. The number of hydrogen-bond acceptors (Lipinski definition) is 3. The van der Waals surface area contributed by atoms with Gasteiger partial charge in [-0.2, -0.15) is 0 Å². The highest BCUT2D eigenvalue weighted by atomic mass is 16.5. The third-order valence-corrected chi connectivity index (χ3v) is 6.14. The van der Waals surface area contributed by atoms with Crippen molar-refractivity contribution in [2.45, 2.75) is 19.3 Å². The summed E-state index contributed by atoms with van der Waals surface area (Å²) in [6, 6.07) is 33.7. The maximum absolute atomic E-state index is 5.38. The van der Waals surface area contributed by atoms with Crippen molar-refractivity contribution in [3.63, 3.8) is 0 Å². The van der Waals surface area contributed by atoms with E-state index in [1.54, 1.807) is 14.2 Å². The molecular weight excluding hydrogens is 394 g/mol. The Bertz CT molecular complexity index is 1100. The molecule has 0 aromatic heterocycles. The number of hydrogen-bond donors (Lipinski definition) is 1. The molecule has 0 aliphatic carbocycles. The Hall–Kier alpha value is -3.72. The van der Waals surface area contributed by atoms with Crippen LogP contribution in [-0.2, 0) is 5.41 Å². The van der Waals surface area contributed by atoms with Crippen molar-refractivity contribution in [3.8, 4) is 11.5 Å². The van der Waals surface area contributed by atoms with Crippen LogP contribution in [0.5, 0.6) is 11.5 Å². The van der Waals surface area contributed by atoms with Crippen LogP contribution in [0.4, 0.5) is 11.4 Å². The first-order chi connectivity index (χ1) is 15.5. The summed E-state index contributed by atoms with van der Waals surface area (Å²) in [5.74, 6) is 1.70. The lowest BCUT2D eigenvalue weighted by molar-refractivity contribution is 0.414. The molecule has 0 fully saturated rings. The minimum atomic E-state index is -0.332. The van der Waals surface area contributed by atoms with Crippen molar-refractivity contribution < 1.29 is 9.47 Å². The van der Waals surface area contributed by atoms with Gasteiger partial charge < -0.3 is 14.8 Å². The summed E-state index contributed by atoms with van der Waals surface area (Å²) in [5.41, 5.74) is 6.66. The molecule has 4 rings (SSSR count). The van der Waals surface area contributed by atoms with E-state index >= 15 is 0 Å². The molecule has 0 saturated carbocycles. The number of anilines is 2. The molecule has 0 heterocycles. The van der Waals surface area contributed by atoms with Gasteiger partial charge in [0.2, 0.25) is 0 Å². The third-order valence-electron chi connectivity index (χ3n) is 6.14. The van der Waals surface area contributed by atoms with Crippen LogP contribution >= 0.6 is 0 Å². The van der Waals surface area contributed by atoms with Crippen LogP contribution in [0.25, 0.3) is 0 Å². The van der Waals surface area contributed by atoms with Crippen molar-refractivity contribution in [1.82, 2.24) is 0 Å². The van der Waals surface area contributed by atoms with E-state index < -0.39 is 0 Å². The quantitative estimate of drug-likeness (QED) is 0.321. The zero-order valence-corrected chi connectivity index (χ0v) is 19.1. The highest BCUT2D eigenvalue weighted by molar-refractivity contribution is 5.61. The summed E-state index contributed by atoms with van der Waals surface area (Å²) in [7, 11) is 3.38. The van der Waals surface area contributed by atoms with E-state index in [1.807, 2.05) is 24.3 Å². The highest BCUT2D eigenvalue weighted by Crippen LogP contribution is 2.40. The number of aryl methyl sites for hydroxylation is 1. The maximum Gasteiger partial charge on any atom is 0.118 e. The predicted molar refractivity (Wildman–Crippen MR) is 132 cm³/mol. The van der Waals surface area contributed by atoms with Crippen LogP contribution < -0.4 is 14.8 Å². The second-order valence-electron chi connectivity index (χ2n) is 8.15. The summed E-state index contributed by atoms with van der Waals surface area (Å²) in [4.78, 5) is 0. The molecular formula is C29H29NO2. The van der Waals surface area contributed by atoms with Crippen LogP contribution in [0.1, 0.15) is 29.2 Å². The zero-order valence-electron chi connectivity index (χ0n) is 19.1. The molecule has 0 saturated heterocycles. The Labute approximate surface area is 190 Å². The van der Waals surface area contributed by atoms with Crippen molar-refractivity contribution in [2.75, 3.05) is 19.5 Å². The Balaban J connectivity index is 1.72. The van der Waals surface area contributed by atoms with Gasteiger partial charge in [-0.05, 0) is 79.1 Å². The Kier molecular flexibility index (Phi) is 6.18. The van der Waals surface area contributed by atoms with E-state index in [2.05, 4.69) is 92.0 Å². The molecule has 0 unspecified atom stereocenters. The first kappa shape index (κ1) is 21.5. The molecule has 0 aliphatic heterocycles. The minimum Gasteiger partial charge on any atom is -0.497 e. The van der Waals surface area contributed by atoms with Crippen molar-refractivity contribution in [3.05, 3.63) is 119 Å². The molecule has 0 atom stereocenters. The lowest BCUT2D eigenvalue weighted by atomic mass is 9.71. The lowest BCUT2D eigenvalue weighted by Crippen LogP contribution is -2.25. The summed E-state index contributed by atoms with van der Waals surface area (Å²) in [6.07, 6.45) is 0. The zero-order chi connectivity index (χ0) is 22.6. The molecule has 162 valence electrons. The largest absolute Gasteiger partial charge is 0.497 e. The van der Waals surface area contributed by atoms with Crippen LogP contribution in [0.2, 0.25) is 0 Å². The molecule has 32 heavy (non-hydrogen) atoms. The van der Waals surface area contributed by atoms with Gasteiger partial charge in [-0.1, -0.05) is 54.1 Å². The predicted octanol–water partition coefficient (Wildman–Crippen LogP) is 7.11. The number of benzene rings is 4. The molecule has 0 aliphatic rings. The molecule has 0 amide bonds. The van der Waals surface area contributed by atoms with Crippen LogP contribution in [-0.4, -0.2) is 14.2 Å². The highest BCUT2D eigenvalue weighted by Gasteiger charge is 2.31. The van der Waals surface area contributed by atoms with Crippen molar-refractivity contribution >= 4 is 11.4 Å². The average Bonchev–Trinajstić information content (AvgIpc) is 2.85. The first-order valence-electron chi connectivity index (χ1n) is 10.8. The van der Waals surface area contributed by atoms with Gasteiger partial charge in [-0.25, -0.2) is 0 Å². The van der Waals surface area contributed by atoms with Crippen molar-refractivity contribution in [2.24, 2.45) is 0 Å². The fourth-order valence-corrected chi connectivity index (χ4v) is 4.04. The Morgan fingerprint density at radius 3 is 1.25 bits per heavy atom. The Morgan fingerprint density at radius 1 is 0.531 bits per heavy atom. The summed E-state index contributed by atoms with van der Waals surface area (Å²) in [6.45, 7) is 4.36. The van der Waals surface area contributed by atoms with Gasteiger partial charge in [-0.3, -0.25) is 0 Å². The SMILES string of the molecule is COc1ccc(C(C)(c2ccc(Nc3ccc(C)cc3)cc2)c2ccc(OC)cc2)cc1. The van der Waals surface area contributed by atoms with Crippen molar-refractivity contribution in [1.29, 1.82) is 0 Å². The van der Waals surface area contributed by atoms with E-state index in [0.29, 0.717) is 0 Å². The fourth-order valence-electron chi connectivity index (χ4n) is 4.04. The molecule has 4 aromatic rings. The van der Waals surface area contributed by atoms with E-state index in [9.17, 15) is 0 Å². The van der Waals surface area contributed by atoms with E-state index in [-0.39, 0.29) is 5.41 Å². The number of nitrogens with one attached hydrogen (secondary N) is 1. The average molecular weight is 424 g/mol. The first-order valence-corrected chi connectivity index (χ1v) is 10.8. The normalized spacial score (nSPS) is 11.1. The summed E-state index contributed by atoms with van der Waals surface area (Å²) in [5, 5.41) is 3.49. The van der Waals surface area contributed by atoms with Gasteiger partial charge in [-0.15, -0.1) is 0 Å². The molecule has 3 nitrogen and oxygen atoms in total.